The van der Waals surface area contributed by atoms with Crippen LogP contribution >= 0.6 is 11.6 Å². The standard InChI is InChI=1S/C12H16ClNO2/c1-7(2)10(5-12(15)16)9-4-11(13)8(3)14-6-9/h4,6-7,10H,5H2,1-3H3,(H,15,16). The monoisotopic (exact) mass is 241 g/mol. The fourth-order valence-electron chi connectivity index (χ4n) is 1.65. The average molecular weight is 242 g/mol. The van der Waals surface area contributed by atoms with E-state index in [0.717, 1.165) is 11.3 Å². The topological polar surface area (TPSA) is 50.2 Å². The Morgan fingerprint density at radius 1 is 1.56 bits per heavy atom. The first kappa shape index (κ1) is 13.0. The van der Waals surface area contributed by atoms with Crippen molar-refractivity contribution in [1.82, 2.24) is 4.98 Å². The molecule has 1 heterocycles. The number of nitrogens with zero attached hydrogens (tertiary/aromatic N) is 1. The Morgan fingerprint density at radius 3 is 2.62 bits per heavy atom. The molecule has 1 aromatic heterocycles. The van der Waals surface area contributed by atoms with E-state index < -0.39 is 5.97 Å². The first-order valence-corrected chi connectivity index (χ1v) is 5.63. The van der Waals surface area contributed by atoms with Crippen LogP contribution in [0.1, 0.15) is 37.4 Å². The zero-order chi connectivity index (χ0) is 12.3. The van der Waals surface area contributed by atoms with Crippen molar-refractivity contribution in [2.24, 2.45) is 5.92 Å². The molecule has 0 amide bonds. The van der Waals surface area contributed by atoms with Gasteiger partial charge in [0.05, 0.1) is 17.1 Å². The van der Waals surface area contributed by atoms with Crippen LogP contribution in [-0.4, -0.2) is 16.1 Å². The molecule has 0 spiro atoms. The summed E-state index contributed by atoms with van der Waals surface area (Å²) in [5.74, 6) is -0.588. The zero-order valence-corrected chi connectivity index (χ0v) is 10.5. The van der Waals surface area contributed by atoms with Gasteiger partial charge in [0.25, 0.3) is 0 Å². The van der Waals surface area contributed by atoms with E-state index in [1.165, 1.54) is 0 Å². The summed E-state index contributed by atoms with van der Waals surface area (Å²) in [5.41, 5.74) is 1.66. The van der Waals surface area contributed by atoms with Gasteiger partial charge in [-0.1, -0.05) is 25.4 Å². The van der Waals surface area contributed by atoms with Crippen LogP contribution < -0.4 is 0 Å². The van der Waals surface area contributed by atoms with Crippen molar-refractivity contribution in [1.29, 1.82) is 0 Å². The van der Waals surface area contributed by atoms with E-state index >= 15 is 0 Å². The van der Waals surface area contributed by atoms with E-state index in [1.807, 2.05) is 26.8 Å². The quantitative estimate of drug-likeness (QED) is 0.880. The molecule has 0 saturated heterocycles. The van der Waals surface area contributed by atoms with Gasteiger partial charge in [-0.25, -0.2) is 0 Å². The highest BCUT2D eigenvalue weighted by Gasteiger charge is 2.20. The molecule has 0 saturated carbocycles. The van der Waals surface area contributed by atoms with Crippen molar-refractivity contribution >= 4 is 17.6 Å². The Bertz CT molecular complexity index is 391. The van der Waals surface area contributed by atoms with Gasteiger partial charge >= 0.3 is 5.97 Å². The number of carbonyl (C=O) groups is 1. The molecule has 1 rings (SSSR count). The third kappa shape index (κ3) is 3.20. The van der Waals surface area contributed by atoms with Crippen LogP contribution in [-0.2, 0) is 4.79 Å². The molecule has 0 aliphatic heterocycles. The molecule has 3 nitrogen and oxygen atoms in total. The van der Waals surface area contributed by atoms with Gasteiger partial charge in [-0.15, -0.1) is 0 Å². The summed E-state index contributed by atoms with van der Waals surface area (Å²) >= 11 is 5.99. The summed E-state index contributed by atoms with van der Waals surface area (Å²) in [6, 6.07) is 1.82. The lowest BCUT2D eigenvalue weighted by Gasteiger charge is -2.19. The number of carboxylic acids is 1. The number of aryl methyl sites for hydroxylation is 1. The molecule has 1 aromatic rings. The average Bonchev–Trinajstić information content (AvgIpc) is 2.18. The van der Waals surface area contributed by atoms with Crippen LogP contribution in [0.4, 0.5) is 0 Å². The number of aliphatic carboxylic acids is 1. The summed E-state index contributed by atoms with van der Waals surface area (Å²) < 4.78 is 0. The molecule has 1 atom stereocenters. The highest BCUT2D eigenvalue weighted by Crippen LogP contribution is 2.29. The summed E-state index contributed by atoms with van der Waals surface area (Å²) in [5, 5.41) is 9.46. The second kappa shape index (κ2) is 5.30. The molecule has 0 aliphatic rings. The Labute approximate surface area is 100 Å². The van der Waals surface area contributed by atoms with Crippen molar-refractivity contribution in [3.63, 3.8) is 0 Å². The molecule has 1 unspecified atom stereocenters. The smallest absolute Gasteiger partial charge is 0.303 e. The van der Waals surface area contributed by atoms with Crippen LogP contribution in [0.15, 0.2) is 12.3 Å². The Hall–Kier alpha value is -1.09. The molecule has 0 fully saturated rings. The molecule has 0 radical (unpaired) electrons. The lowest BCUT2D eigenvalue weighted by Crippen LogP contribution is -2.12. The zero-order valence-electron chi connectivity index (χ0n) is 9.70. The molecule has 16 heavy (non-hydrogen) atoms. The number of pyridine rings is 1. The first-order valence-electron chi connectivity index (χ1n) is 5.25. The van der Waals surface area contributed by atoms with Crippen LogP contribution in [0.5, 0.6) is 0 Å². The molecule has 0 aromatic carbocycles. The number of hydrogen-bond acceptors (Lipinski definition) is 2. The molecule has 1 N–H and O–H groups in total. The Morgan fingerprint density at radius 2 is 2.19 bits per heavy atom. The lowest BCUT2D eigenvalue weighted by atomic mass is 9.86. The maximum absolute atomic E-state index is 10.8. The molecular weight excluding hydrogens is 226 g/mol. The predicted octanol–water partition coefficient (Wildman–Crippen LogP) is 3.26. The van der Waals surface area contributed by atoms with E-state index in [2.05, 4.69) is 4.98 Å². The van der Waals surface area contributed by atoms with Crippen LogP contribution in [0.2, 0.25) is 5.02 Å². The van der Waals surface area contributed by atoms with Gasteiger partial charge in [0.2, 0.25) is 0 Å². The summed E-state index contributed by atoms with van der Waals surface area (Å²) in [7, 11) is 0. The number of halogens is 1. The highest BCUT2D eigenvalue weighted by atomic mass is 35.5. The summed E-state index contributed by atoms with van der Waals surface area (Å²) in [4.78, 5) is 15.0. The maximum Gasteiger partial charge on any atom is 0.303 e. The SMILES string of the molecule is Cc1ncc(C(CC(=O)O)C(C)C)cc1Cl. The largest absolute Gasteiger partial charge is 0.481 e. The van der Waals surface area contributed by atoms with Gasteiger partial charge in [-0.05, 0) is 30.4 Å². The molecule has 4 heteroatoms. The highest BCUT2D eigenvalue weighted by molar-refractivity contribution is 6.31. The molecular formula is C12H16ClNO2. The van der Waals surface area contributed by atoms with Gasteiger partial charge in [0, 0.05) is 6.20 Å². The van der Waals surface area contributed by atoms with Gasteiger partial charge < -0.3 is 5.11 Å². The van der Waals surface area contributed by atoms with Crippen LogP contribution in [0, 0.1) is 12.8 Å². The minimum absolute atomic E-state index is 0.0388. The van der Waals surface area contributed by atoms with Gasteiger partial charge in [-0.2, -0.15) is 0 Å². The molecule has 0 aliphatic carbocycles. The number of hydrogen-bond donors (Lipinski definition) is 1. The normalized spacial score (nSPS) is 12.8. The van der Waals surface area contributed by atoms with Crippen molar-refractivity contribution in [2.75, 3.05) is 0 Å². The second-order valence-electron chi connectivity index (χ2n) is 4.28. The lowest BCUT2D eigenvalue weighted by molar-refractivity contribution is -0.137. The summed E-state index contributed by atoms with van der Waals surface area (Å²) in [6.45, 7) is 5.83. The van der Waals surface area contributed by atoms with E-state index in [4.69, 9.17) is 16.7 Å². The number of rotatable bonds is 4. The predicted molar refractivity (Wildman–Crippen MR) is 63.8 cm³/mol. The fourth-order valence-corrected chi connectivity index (χ4v) is 1.83. The van der Waals surface area contributed by atoms with Crippen LogP contribution in [0.25, 0.3) is 0 Å². The van der Waals surface area contributed by atoms with Crippen molar-refractivity contribution in [3.05, 3.63) is 28.5 Å². The summed E-state index contributed by atoms with van der Waals surface area (Å²) in [6.07, 6.45) is 1.83. The Balaban J connectivity index is 3.01. The first-order chi connectivity index (χ1) is 7.41. The fraction of sp³-hybridized carbons (Fsp3) is 0.500. The van der Waals surface area contributed by atoms with E-state index in [9.17, 15) is 4.79 Å². The Kier molecular flexibility index (Phi) is 4.30. The van der Waals surface area contributed by atoms with Gasteiger partial charge in [-0.3, -0.25) is 9.78 Å². The van der Waals surface area contributed by atoms with E-state index in [1.54, 1.807) is 6.20 Å². The minimum Gasteiger partial charge on any atom is -0.481 e. The van der Waals surface area contributed by atoms with E-state index in [0.29, 0.717) is 5.02 Å². The maximum atomic E-state index is 10.8. The third-order valence-corrected chi connectivity index (χ3v) is 3.06. The third-order valence-electron chi connectivity index (χ3n) is 2.67. The molecule has 88 valence electrons. The van der Waals surface area contributed by atoms with Gasteiger partial charge in [0.15, 0.2) is 0 Å². The van der Waals surface area contributed by atoms with E-state index in [-0.39, 0.29) is 18.3 Å². The van der Waals surface area contributed by atoms with Crippen molar-refractivity contribution < 1.29 is 9.90 Å². The second-order valence-corrected chi connectivity index (χ2v) is 4.69. The number of aromatic nitrogens is 1. The van der Waals surface area contributed by atoms with Crippen molar-refractivity contribution in [2.45, 2.75) is 33.1 Å². The van der Waals surface area contributed by atoms with Gasteiger partial charge in [0.1, 0.15) is 0 Å². The number of carboxylic acid groups (broad SMARTS) is 1. The van der Waals surface area contributed by atoms with Crippen molar-refractivity contribution in [3.8, 4) is 0 Å². The molecule has 0 bridgehead atoms. The minimum atomic E-state index is -0.796. The van der Waals surface area contributed by atoms with Crippen LogP contribution in [0.3, 0.4) is 0 Å².